The molecule has 0 unspecified atom stereocenters. The van der Waals surface area contributed by atoms with Gasteiger partial charge in [0.2, 0.25) is 5.91 Å². The van der Waals surface area contributed by atoms with Gasteiger partial charge >= 0.3 is 6.03 Å². The van der Waals surface area contributed by atoms with Crippen molar-refractivity contribution in [3.8, 4) is 0 Å². The van der Waals surface area contributed by atoms with Gasteiger partial charge in [-0.3, -0.25) is 14.5 Å². The van der Waals surface area contributed by atoms with Crippen LogP contribution < -0.4 is 16.4 Å². The molecule has 4 N–H and O–H groups in total. The van der Waals surface area contributed by atoms with Crippen molar-refractivity contribution in [2.75, 3.05) is 13.1 Å². The van der Waals surface area contributed by atoms with Crippen molar-refractivity contribution in [1.82, 2.24) is 15.5 Å². The fraction of sp³-hybridized carbons (Fsp3) is 0.812. The lowest BCUT2D eigenvalue weighted by atomic mass is 9.97. The van der Waals surface area contributed by atoms with Gasteiger partial charge in [0.1, 0.15) is 5.54 Å². The number of hydrogen-bond acceptors (Lipinski definition) is 4. The predicted octanol–water partition coefficient (Wildman–Crippen LogP) is 1.05. The third kappa shape index (κ3) is 3.37. The molecule has 4 amide bonds. The fourth-order valence-corrected chi connectivity index (χ4v) is 4.20. The van der Waals surface area contributed by atoms with Crippen LogP contribution in [0.2, 0.25) is 0 Å². The first-order chi connectivity index (χ1) is 11.0. The molecule has 1 heterocycles. The lowest BCUT2D eigenvalue weighted by molar-refractivity contribution is -0.131. The fourth-order valence-electron chi connectivity index (χ4n) is 4.20. The molecule has 1 saturated heterocycles. The summed E-state index contributed by atoms with van der Waals surface area (Å²) in [5.41, 5.74) is 4.83. The molecule has 136 valence electrons. The van der Waals surface area contributed by atoms with Crippen LogP contribution in [0, 0.1) is 0 Å². The topological polar surface area (TPSA) is 105 Å². The Morgan fingerprint density at radius 1 is 1.12 bits per heavy atom. The molecule has 2 aliphatic carbocycles. The van der Waals surface area contributed by atoms with Crippen LogP contribution in [-0.2, 0) is 9.59 Å². The quantitative estimate of drug-likeness (QED) is 0.639. The molecule has 2 saturated carbocycles. The monoisotopic (exact) mass is 358 g/mol. The number of urea groups is 1. The molecular formula is C16H27ClN4O3. The summed E-state index contributed by atoms with van der Waals surface area (Å²) in [6, 6.07) is -0.362. The zero-order chi connectivity index (χ0) is 16.5. The Labute approximate surface area is 148 Å². The Hall–Kier alpha value is -1.34. The van der Waals surface area contributed by atoms with E-state index in [-0.39, 0.29) is 48.8 Å². The van der Waals surface area contributed by atoms with E-state index in [0.29, 0.717) is 19.4 Å². The highest BCUT2D eigenvalue weighted by atomic mass is 35.5. The van der Waals surface area contributed by atoms with Gasteiger partial charge in [0, 0.05) is 19.5 Å². The van der Waals surface area contributed by atoms with E-state index in [1.807, 2.05) is 0 Å². The Bertz CT molecular complexity index is 513. The van der Waals surface area contributed by atoms with Crippen LogP contribution >= 0.6 is 12.4 Å². The molecule has 0 aromatic rings. The Kier molecular flexibility index (Phi) is 5.75. The van der Waals surface area contributed by atoms with Crippen LogP contribution in [0.3, 0.4) is 0 Å². The van der Waals surface area contributed by atoms with Gasteiger partial charge in [-0.1, -0.05) is 25.7 Å². The minimum absolute atomic E-state index is 0. The van der Waals surface area contributed by atoms with Crippen molar-refractivity contribution in [2.45, 2.75) is 68.9 Å². The number of nitrogens with two attached hydrogens (primary N) is 1. The summed E-state index contributed by atoms with van der Waals surface area (Å²) in [6.45, 7) is 0.573. The van der Waals surface area contributed by atoms with Crippen LogP contribution in [0.4, 0.5) is 4.79 Å². The molecule has 0 aromatic heterocycles. The molecular weight excluding hydrogens is 332 g/mol. The van der Waals surface area contributed by atoms with Gasteiger partial charge in [0.25, 0.3) is 5.91 Å². The minimum atomic E-state index is -0.697. The number of rotatable bonds is 5. The van der Waals surface area contributed by atoms with Crippen molar-refractivity contribution in [3.05, 3.63) is 0 Å². The summed E-state index contributed by atoms with van der Waals surface area (Å²) < 4.78 is 0. The molecule has 0 radical (unpaired) electrons. The van der Waals surface area contributed by atoms with Crippen molar-refractivity contribution in [2.24, 2.45) is 5.73 Å². The van der Waals surface area contributed by atoms with E-state index < -0.39 is 5.54 Å². The zero-order valence-corrected chi connectivity index (χ0v) is 14.8. The number of nitrogens with zero attached hydrogens (tertiary/aromatic N) is 1. The average Bonchev–Trinajstić information content (AvgIpc) is 3.22. The first-order valence-electron chi connectivity index (χ1n) is 8.66. The van der Waals surface area contributed by atoms with E-state index in [1.54, 1.807) is 0 Å². The summed E-state index contributed by atoms with van der Waals surface area (Å²) in [5.74, 6) is -0.299. The van der Waals surface area contributed by atoms with Gasteiger partial charge in [-0.2, -0.15) is 0 Å². The zero-order valence-electron chi connectivity index (χ0n) is 13.9. The number of imide groups is 1. The van der Waals surface area contributed by atoms with Crippen LogP contribution in [0.15, 0.2) is 0 Å². The molecule has 3 fully saturated rings. The van der Waals surface area contributed by atoms with E-state index >= 15 is 0 Å². The van der Waals surface area contributed by atoms with Gasteiger partial charge in [-0.15, -0.1) is 12.4 Å². The number of halogens is 1. The second-order valence-electron chi connectivity index (χ2n) is 7.17. The molecule has 7 nitrogen and oxygen atoms in total. The molecule has 1 aliphatic heterocycles. The van der Waals surface area contributed by atoms with Crippen LogP contribution in [0.1, 0.15) is 57.8 Å². The van der Waals surface area contributed by atoms with Crippen molar-refractivity contribution < 1.29 is 14.4 Å². The molecule has 3 aliphatic rings. The molecule has 0 bridgehead atoms. The highest BCUT2D eigenvalue weighted by Gasteiger charge is 2.52. The number of amides is 4. The minimum Gasteiger partial charge on any atom is -0.349 e. The first-order valence-corrected chi connectivity index (χ1v) is 8.66. The third-order valence-corrected chi connectivity index (χ3v) is 5.62. The largest absolute Gasteiger partial charge is 0.349 e. The third-order valence-electron chi connectivity index (χ3n) is 5.62. The van der Waals surface area contributed by atoms with Crippen molar-refractivity contribution in [1.29, 1.82) is 0 Å². The molecule has 3 rings (SSSR count). The maximum atomic E-state index is 12.5. The molecule has 0 atom stereocenters. The van der Waals surface area contributed by atoms with Gasteiger partial charge in [0.15, 0.2) is 0 Å². The molecule has 24 heavy (non-hydrogen) atoms. The second-order valence-corrected chi connectivity index (χ2v) is 7.17. The van der Waals surface area contributed by atoms with Crippen LogP contribution in [-0.4, -0.2) is 46.9 Å². The second kappa shape index (κ2) is 7.27. The molecule has 8 heteroatoms. The first kappa shape index (κ1) is 19.0. The van der Waals surface area contributed by atoms with Crippen molar-refractivity contribution >= 4 is 30.3 Å². The number of carbonyl (C=O) groups is 3. The molecule has 1 spiro atoms. The smallest absolute Gasteiger partial charge is 0.325 e. The highest BCUT2D eigenvalue weighted by molar-refractivity contribution is 6.07. The summed E-state index contributed by atoms with van der Waals surface area (Å²) in [7, 11) is 0. The summed E-state index contributed by atoms with van der Waals surface area (Å²) in [6.07, 6.45) is 7.42. The van der Waals surface area contributed by atoms with Gasteiger partial charge in [-0.05, 0) is 25.7 Å². The standard InChI is InChI=1S/C16H26N4O3.ClH/c17-11-15(6-1-2-7-15)18-12(21)5-10-20-13(22)16(19-14(20)23)8-3-4-9-16;/h1-11,17H2,(H,18,21)(H,19,23);1H. The van der Waals surface area contributed by atoms with E-state index in [9.17, 15) is 14.4 Å². The van der Waals surface area contributed by atoms with Crippen LogP contribution in [0.25, 0.3) is 0 Å². The van der Waals surface area contributed by atoms with Crippen LogP contribution in [0.5, 0.6) is 0 Å². The summed E-state index contributed by atoms with van der Waals surface area (Å²) in [4.78, 5) is 38.0. The number of carbonyl (C=O) groups excluding carboxylic acids is 3. The number of hydrogen-bond donors (Lipinski definition) is 3. The highest BCUT2D eigenvalue weighted by Crippen LogP contribution is 2.35. The normalized spacial score (nSPS) is 24.1. The SMILES string of the molecule is Cl.NCC1(NC(=O)CCN2C(=O)NC3(CCCC3)C2=O)CCCC1. The Balaban J connectivity index is 0.00000208. The summed E-state index contributed by atoms with van der Waals surface area (Å²) in [5, 5.41) is 5.85. The predicted molar refractivity (Wildman–Crippen MR) is 91.7 cm³/mol. The van der Waals surface area contributed by atoms with Gasteiger partial charge in [-0.25, -0.2) is 4.79 Å². The Morgan fingerprint density at radius 2 is 1.71 bits per heavy atom. The maximum Gasteiger partial charge on any atom is 0.325 e. The Morgan fingerprint density at radius 3 is 2.29 bits per heavy atom. The van der Waals surface area contributed by atoms with E-state index in [2.05, 4.69) is 10.6 Å². The summed E-state index contributed by atoms with van der Waals surface area (Å²) >= 11 is 0. The molecule has 0 aromatic carbocycles. The lowest BCUT2D eigenvalue weighted by Crippen LogP contribution is -2.52. The lowest BCUT2D eigenvalue weighted by Gasteiger charge is -2.29. The van der Waals surface area contributed by atoms with E-state index in [0.717, 1.165) is 38.5 Å². The maximum absolute atomic E-state index is 12.5. The van der Waals surface area contributed by atoms with Gasteiger partial charge < -0.3 is 16.4 Å². The van der Waals surface area contributed by atoms with E-state index in [4.69, 9.17) is 5.73 Å². The van der Waals surface area contributed by atoms with Gasteiger partial charge in [0.05, 0.1) is 5.54 Å². The van der Waals surface area contributed by atoms with Crippen molar-refractivity contribution in [3.63, 3.8) is 0 Å². The number of nitrogens with one attached hydrogen (secondary N) is 2. The average molecular weight is 359 g/mol. The van der Waals surface area contributed by atoms with E-state index in [1.165, 1.54) is 4.90 Å².